The molecule has 0 radical (unpaired) electrons. The molecule has 0 atom stereocenters. The van der Waals surface area contributed by atoms with Crippen molar-refractivity contribution in [2.24, 2.45) is 0 Å². The van der Waals surface area contributed by atoms with Gasteiger partial charge in [0.2, 0.25) is 0 Å². The predicted octanol–water partition coefficient (Wildman–Crippen LogP) is 40.8. The molecule has 0 N–H and O–H groups in total. The van der Waals surface area contributed by atoms with Gasteiger partial charge in [0.1, 0.15) is 0 Å². The smallest absolute Gasteiger partial charge is 0.0467 e. The number of thiophene rings is 2. The average molecular weight is 1850 g/mol. The van der Waals surface area contributed by atoms with Gasteiger partial charge >= 0.3 is 0 Å². The van der Waals surface area contributed by atoms with Crippen LogP contribution in [-0.4, -0.2) is 0 Å². The first-order valence-corrected chi connectivity index (χ1v) is 49.5. The number of hydrogen-bond acceptors (Lipinski definition) is 4. The van der Waals surface area contributed by atoms with Crippen molar-refractivity contribution in [2.75, 3.05) is 9.80 Å². The van der Waals surface area contributed by atoms with E-state index in [1.54, 1.807) is 0 Å². The Morgan fingerprint density at radius 3 is 0.908 bits per heavy atom. The molecule has 0 aliphatic heterocycles. The van der Waals surface area contributed by atoms with Gasteiger partial charge in [-0.2, -0.15) is 0 Å². The van der Waals surface area contributed by atoms with Gasteiger partial charge in [-0.1, -0.05) is 452 Å². The molecular formula is C138H100N2S2. The van der Waals surface area contributed by atoms with Crippen LogP contribution in [0.25, 0.3) is 208 Å². The van der Waals surface area contributed by atoms with Crippen molar-refractivity contribution in [3.63, 3.8) is 0 Å². The van der Waals surface area contributed by atoms with E-state index in [4.69, 9.17) is 0 Å². The SMILES string of the molecule is C.C.C(=C\c1ccc(-c2c3ccccc3c(-c3ccc(/C=C/c4ccccc4)c4ccccc34)c3cc(-c4ccc(-c5ccc(-c6ccccc6)s5)cc4)ccc23)c2ccccc12)/c1ccccc1.c1ccc(N(c2ccccc2)c2cccc(-c3c4ccccc4c(-c4cccc(N(c5ccccc5)c5ccccc5)c4)c4cc(-c5cccc(-c6ccc(-c7ccc8ccccc8c7)s6)c5)ccc34)c2)cc1. The summed E-state index contributed by atoms with van der Waals surface area (Å²) in [5.41, 5.74) is 30.7. The number of fused-ring (bicyclic) bond motifs is 7. The van der Waals surface area contributed by atoms with Gasteiger partial charge in [0, 0.05) is 53.6 Å². The Labute approximate surface area is 839 Å². The van der Waals surface area contributed by atoms with Crippen LogP contribution in [0.2, 0.25) is 0 Å². The van der Waals surface area contributed by atoms with Gasteiger partial charge in [-0.3, -0.25) is 0 Å². The van der Waals surface area contributed by atoms with Crippen LogP contribution >= 0.6 is 22.7 Å². The quantitative estimate of drug-likeness (QED) is 0.0554. The molecule has 0 amide bonds. The van der Waals surface area contributed by atoms with Crippen molar-refractivity contribution < 1.29 is 0 Å². The van der Waals surface area contributed by atoms with E-state index < -0.39 is 0 Å². The van der Waals surface area contributed by atoms with Crippen molar-refractivity contribution in [3.8, 4) is 109 Å². The third-order valence-corrected chi connectivity index (χ3v) is 29.5. The van der Waals surface area contributed by atoms with Gasteiger partial charge < -0.3 is 9.80 Å². The fourth-order valence-corrected chi connectivity index (χ4v) is 22.5. The zero-order chi connectivity index (χ0) is 93.0. The highest BCUT2D eigenvalue weighted by Crippen LogP contribution is 2.53. The molecule has 0 saturated heterocycles. The molecule has 25 rings (SSSR count). The minimum Gasteiger partial charge on any atom is -0.310 e. The van der Waals surface area contributed by atoms with Crippen LogP contribution in [0.5, 0.6) is 0 Å². The number of hydrogen-bond donors (Lipinski definition) is 0. The molecule has 0 unspecified atom stereocenters. The summed E-state index contributed by atoms with van der Waals surface area (Å²) in [5, 5.41) is 17.2. The normalized spacial score (nSPS) is 11.4. The zero-order valence-corrected chi connectivity index (χ0v) is 78.5. The van der Waals surface area contributed by atoms with Crippen molar-refractivity contribution in [1.29, 1.82) is 0 Å². The molecule has 2 nitrogen and oxygen atoms in total. The van der Waals surface area contributed by atoms with Crippen molar-refractivity contribution in [1.82, 2.24) is 0 Å². The first-order chi connectivity index (χ1) is 69.4. The Hall–Kier alpha value is -17.6. The van der Waals surface area contributed by atoms with Crippen LogP contribution in [-0.2, 0) is 0 Å². The Bertz CT molecular complexity index is 8880. The first kappa shape index (κ1) is 89.6. The highest BCUT2D eigenvalue weighted by atomic mass is 32.1. The lowest BCUT2D eigenvalue weighted by Crippen LogP contribution is -2.09. The molecule has 2 aromatic heterocycles. The second-order valence-corrected chi connectivity index (χ2v) is 37.8. The molecule has 0 bridgehead atoms. The number of nitrogens with zero attached hydrogens (tertiary/aromatic N) is 2. The molecule has 25 aromatic rings. The van der Waals surface area contributed by atoms with Crippen LogP contribution in [0.1, 0.15) is 37.1 Å². The van der Waals surface area contributed by atoms with Crippen LogP contribution in [0, 0.1) is 0 Å². The topological polar surface area (TPSA) is 6.48 Å². The number of rotatable bonds is 20. The maximum absolute atomic E-state index is 2.45. The van der Waals surface area contributed by atoms with E-state index in [1.165, 1.54) is 195 Å². The van der Waals surface area contributed by atoms with E-state index in [-0.39, 0.29) is 14.9 Å². The van der Waals surface area contributed by atoms with Crippen LogP contribution < -0.4 is 9.80 Å². The highest BCUT2D eigenvalue weighted by Gasteiger charge is 2.26. The molecule has 0 aliphatic rings. The van der Waals surface area contributed by atoms with Crippen LogP contribution in [0.4, 0.5) is 34.1 Å². The Balaban J connectivity index is 0.000000161. The largest absolute Gasteiger partial charge is 0.310 e. The van der Waals surface area contributed by atoms with Gasteiger partial charge in [-0.05, 0) is 308 Å². The summed E-state index contributed by atoms with van der Waals surface area (Å²) in [5.74, 6) is 0. The molecule has 0 aliphatic carbocycles. The lowest BCUT2D eigenvalue weighted by molar-refractivity contribution is 1.28. The summed E-state index contributed by atoms with van der Waals surface area (Å²) < 4.78 is 0. The van der Waals surface area contributed by atoms with Crippen molar-refractivity contribution in [2.45, 2.75) is 14.9 Å². The fraction of sp³-hybridized carbons (Fsp3) is 0.0145. The Morgan fingerprint density at radius 2 is 0.437 bits per heavy atom. The maximum Gasteiger partial charge on any atom is 0.0467 e. The molecule has 0 spiro atoms. The third kappa shape index (κ3) is 17.8. The summed E-state index contributed by atoms with van der Waals surface area (Å²) in [4.78, 5) is 9.77. The standard InChI is InChI=1S/C70H48N2S.C66H44S.2CH4/c1-5-26-57(27-6-1)71(58-28-7-2-8-29-58)61-34-18-24-55(46-61)69-63-36-15-16-37-64(63)70(56-25-19-35-62(47-56)72(59-30-9-3-10-31-59)60-32-11-4-12-33-60)66-48-52(40-41-65(66)69)51-22-17-23-53(45-51)67-42-43-68(73-67)54-39-38-49-20-13-14-21-50(49)44-54;1-4-16-45(17-5-1)28-30-48-36-39-59(55-24-12-10-22-53(48)55)65-57-26-14-15-27-58(57)66(60-40-37-49(54-23-11-13-25-56(54)60)31-29-46-18-6-2-7-19-46)62-44-52(38-41-61(62)65)47-32-34-51(35-33-47)64-43-42-63(67-64)50-20-8-3-9-21-50;;/h1-48H;1-44H;2*1H4/b;30-28+,31-29+;;. The minimum atomic E-state index is 0. The summed E-state index contributed by atoms with van der Waals surface area (Å²) in [6.45, 7) is 0. The Kier molecular flexibility index (Phi) is 25.4. The fourth-order valence-electron chi connectivity index (χ4n) is 20.5. The zero-order valence-electron chi connectivity index (χ0n) is 76.8. The van der Waals surface area contributed by atoms with Gasteiger partial charge in [0.05, 0.1) is 0 Å². The van der Waals surface area contributed by atoms with E-state index in [2.05, 4.69) is 568 Å². The van der Waals surface area contributed by atoms with E-state index >= 15 is 0 Å². The maximum atomic E-state index is 2.45. The minimum absolute atomic E-state index is 0. The summed E-state index contributed by atoms with van der Waals surface area (Å²) in [6.07, 6.45) is 8.94. The molecular weight excluding hydrogens is 1750 g/mol. The number of anilines is 6. The lowest BCUT2D eigenvalue weighted by Gasteiger charge is -2.27. The van der Waals surface area contributed by atoms with E-state index in [0.717, 1.165) is 45.3 Å². The second-order valence-electron chi connectivity index (χ2n) is 35.6. The van der Waals surface area contributed by atoms with Crippen molar-refractivity contribution in [3.05, 3.63) is 556 Å². The third-order valence-electron chi connectivity index (χ3n) is 27.1. The van der Waals surface area contributed by atoms with Crippen LogP contribution in [0.15, 0.2) is 534 Å². The van der Waals surface area contributed by atoms with Crippen molar-refractivity contribution >= 4 is 157 Å². The summed E-state index contributed by atoms with van der Waals surface area (Å²) in [6, 6.07) is 195. The molecule has 142 heavy (non-hydrogen) atoms. The Morgan fingerprint density at radius 1 is 0.148 bits per heavy atom. The molecule has 23 aromatic carbocycles. The van der Waals surface area contributed by atoms with Gasteiger partial charge in [-0.25, -0.2) is 0 Å². The molecule has 674 valence electrons. The molecule has 2 heterocycles. The number of benzene rings is 23. The second kappa shape index (κ2) is 40.2. The van der Waals surface area contributed by atoms with Gasteiger partial charge in [0.25, 0.3) is 0 Å². The molecule has 0 saturated carbocycles. The van der Waals surface area contributed by atoms with E-state index in [0.29, 0.717) is 0 Å². The summed E-state index contributed by atoms with van der Waals surface area (Å²) in [7, 11) is 0. The lowest BCUT2D eigenvalue weighted by atomic mass is 9.82. The van der Waals surface area contributed by atoms with E-state index in [9.17, 15) is 0 Å². The first-order valence-electron chi connectivity index (χ1n) is 47.9. The van der Waals surface area contributed by atoms with Gasteiger partial charge in [-0.15, -0.1) is 22.7 Å². The number of para-hydroxylation sites is 4. The predicted molar refractivity (Wildman–Crippen MR) is 619 cm³/mol. The summed E-state index contributed by atoms with van der Waals surface area (Å²) >= 11 is 3.69. The highest BCUT2D eigenvalue weighted by molar-refractivity contribution is 7.19. The monoisotopic (exact) mass is 1850 g/mol. The molecule has 0 fully saturated rings. The van der Waals surface area contributed by atoms with E-state index in [1.807, 2.05) is 22.7 Å². The average Bonchev–Trinajstić information content (AvgIpc) is 0.772. The van der Waals surface area contributed by atoms with Gasteiger partial charge in [0.15, 0.2) is 0 Å². The van der Waals surface area contributed by atoms with Crippen LogP contribution in [0.3, 0.4) is 0 Å². The molecule has 4 heteroatoms.